The molecule has 0 N–H and O–H groups in total. The lowest BCUT2D eigenvalue weighted by atomic mass is 10.2. The maximum absolute atomic E-state index is 5.95. The van der Waals surface area contributed by atoms with Crippen LogP contribution in [0.1, 0.15) is 11.1 Å². The molecular weight excluding hydrogens is 479 g/mol. The van der Waals surface area contributed by atoms with Gasteiger partial charge in [-0.05, 0) is 83.9 Å². The van der Waals surface area contributed by atoms with E-state index in [0.717, 1.165) is 21.6 Å². The smallest absolute Gasteiger partial charge is 0.0406 e. The van der Waals surface area contributed by atoms with Crippen LogP contribution in [0.4, 0.5) is 0 Å². The van der Waals surface area contributed by atoms with Crippen LogP contribution in [0.15, 0.2) is 117 Å². The monoisotopic (exact) mass is 498 g/mol. The highest BCUT2D eigenvalue weighted by Crippen LogP contribution is 2.32. The lowest BCUT2D eigenvalue weighted by Gasteiger charge is -2.06. The molecule has 0 heterocycles. The molecule has 0 aliphatic heterocycles. The van der Waals surface area contributed by atoms with Gasteiger partial charge < -0.3 is 0 Å². The van der Waals surface area contributed by atoms with Gasteiger partial charge >= 0.3 is 0 Å². The van der Waals surface area contributed by atoms with Crippen molar-refractivity contribution in [1.29, 1.82) is 0 Å². The lowest BCUT2D eigenvalue weighted by molar-refractivity contribution is 1.31. The first-order valence-electron chi connectivity index (χ1n) is 9.76. The number of hydrogen-bond acceptors (Lipinski definition) is 3. The highest BCUT2D eigenvalue weighted by Gasteiger charge is 2.02. The topological polar surface area (TPSA) is 0 Å². The number of benzene rings is 4. The number of halogens is 2. The molecule has 0 saturated carbocycles. The maximum Gasteiger partial charge on any atom is 0.0406 e. The van der Waals surface area contributed by atoms with Crippen molar-refractivity contribution < 1.29 is 0 Å². The lowest BCUT2D eigenvalue weighted by Crippen LogP contribution is -1.81. The average Bonchev–Trinajstić information content (AvgIpc) is 2.80. The third-order valence-corrected chi connectivity index (χ3v) is 8.21. The van der Waals surface area contributed by atoms with Gasteiger partial charge in [-0.25, -0.2) is 0 Å². The maximum atomic E-state index is 5.95. The molecule has 0 atom stereocenters. The van der Waals surface area contributed by atoms with Crippen LogP contribution in [-0.2, 0) is 11.5 Å². The fraction of sp³-hybridized carbons (Fsp3) is 0.0769. The molecule has 4 aromatic rings. The Hall–Kier alpha value is -1.49. The van der Waals surface area contributed by atoms with Gasteiger partial charge in [0.15, 0.2) is 0 Å². The van der Waals surface area contributed by atoms with Gasteiger partial charge in [0.05, 0.1) is 0 Å². The van der Waals surface area contributed by atoms with Gasteiger partial charge in [-0.1, -0.05) is 59.2 Å². The summed E-state index contributed by atoms with van der Waals surface area (Å²) in [5.74, 6) is 1.89. The van der Waals surface area contributed by atoms with Crippen molar-refractivity contribution in [3.63, 3.8) is 0 Å². The van der Waals surface area contributed by atoms with Crippen LogP contribution >= 0.6 is 58.5 Å². The zero-order valence-electron chi connectivity index (χ0n) is 16.6. The van der Waals surface area contributed by atoms with E-state index in [2.05, 4.69) is 72.8 Å². The highest BCUT2D eigenvalue weighted by atomic mass is 35.5. The molecule has 0 spiro atoms. The van der Waals surface area contributed by atoms with Crippen LogP contribution < -0.4 is 0 Å². The van der Waals surface area contributed by atoms with Gasteiger partial charge in [0.25, 0.3) is 0 Å². The standard InChI is InChI=1S/C26H20Cl2S3/c27-21-5-1-19(2-6-21)17-29-23-9-13-25(14-10-23)31-26-15-11-24(12-16-26)30-18-20-3-7-22(28)8-4-20/h1-16H,17-18H2. The number of rotatable bonds is 8. The predicted octanol–water partition coefficient (Wildman–Crippen LogP) is 9.73. The molecule has 0 aliphatic rings. The van der Waals surface area contributed by atoms with Crippen LogP contribution in [0, 0.1) is 0 Å². The Bertz CT molecular complexity index is 1000. The van der Waals surface area contributed by atoms with E-state index < -0.39 is 0 Å². The Morgan fingerprint density at radius 1 is 0.419 bits per heavy atom. The van der Waals surface area contributed by atoms with E-state index in [1.165, 1.54) is 30.7 Å². The van der Waals surface area contributed by atoms with Crippen molar-refractivity contribution in [2.45, 2.75) is 31.1 Å². The van der Waals surface area contributed by atoms with Crippen LogP contribution in [0.5, 0.6) is 0 Å². The summed E-state index contributed by atoms with van der Waals surface area (Å²) in [4.78, 5) is 5.04. The summed E-state index contributed by atoms with van der Waals surface area (Å²) >= 11 is 17.4. The summed E-state index contributed by atoms with van der Waals surface area (Å²) in [6, 6.07) is 33.6. The third-order valence-electron chi connectivity index (χ3n) is 4.52. The first kappa shape index (κ1) is 22.7. The Balaban J connectivity index is 1.27. The largest absolute Gasteiger partial charge is 0.121 e. The van der Waals surface area contributed by atoms with E-state index in [0.29, 0.717) is 0 Å². The molecule has 0 aliphatic carbocycles. The second kappa shape index (κ2) is 11.4. The van der Waals surface area contributed by atoms with Crippen molar-refractivity contribution in [2.75, 3.05) is 0 Å². The summed E-state index contributed by atoms with van der Waals surface area (Å²) in [6.45, 7) is 0. The quantitative estimate of drug-likeness (QED) is 0.222. The van der Waals surface area contributed by atoms with Crippen LogP contribution in [0.3, 0.4) is 0 Å². The Morgan fingerprint density at radius 3 is 1.10 bits per heavy atom. The predicted molar refractivity (Wildman–Crippen MR) is 139 cm³/mol. The van der Waals surface area contributed by atoms with Crippen molar-refractivity contribution in [1.82, 2.24) is 0 Å². The summed E-state index contributed by atoms with van der Waals surface area (Å²) in [7, 11) is 0. The van der Waals surface area contributed by atoms with Crippen molar-refractivity contribution in [2.24, 2.45) is 0 Å². The summed E-state index contributed by atoms with van der Waals surface area (Å²) < 4.78 is 0. The molecule has 0 fully saturated rings. The van der Waals surface area contributed by atoms with Crippen LogP contribution in [0.25, 0.3) is 0 Å². The zero-order valence-corrected chi connectivity index (χ0v) is 20.6. The van der Waals surface area contributed by atoms with E-state index in [9.17, 15) is 0 Å². The van der Waals surface area contributed by atoms with Crippen molar-refractivity contribution in [3.05, 3.63) is 118 Å². The van der Waals surface area contributed by atoms with E-state index in [1.807, 2.05) is 47.8 Å². The second-order valence-electron chi connectivity index (χ2n) is 6.88. The third kappa shape index (κ3) is 7.27. The highest BCUT2D eigenvalue weighted by molar-refractivity contribution is 7.99. The number of hydrogen-bond donors (Lipinski definition) is 0. The molecule has 0 aromatic heterocycles. The van der Waals surface area contributed by atoms with Crippen molar-refractivity contribution in [3.8, 4) is 0 Å². The molecule has 0 nitrogen and oxygen atoms in total. The molecule has 5 heteroatoms. The Morgan fingerprint density at radius 2 is 0.742 bits per heavy atom. The summed E-state index contributed by atoms with van der Waals surface area (Å²) in [6.07, 6.45) is 0. The van der Waals surface area contributed by atoms with Gasteiger partial charge in [-0.2, -0.15) is 0 Å². The van der Waals surface area contributed by atoms with E-state index in [1.54, 1.807) is 11.8 Å². The molecule has 156 valence electrons. The minimum Gasteiger partial charge on any atom is -0.121 e. The molecule has 0 amide bonds. The summed E-state index contributed by atoms with van der Waals surface area (Å²) in [5, 5.41) is 1.56. The SMILES string of the molecule is Clc1ccc(CSc2ccc(Sc3ccc(SCc4ccc(Cl)cc4)cc3)cc2)cc1. The fourth-order valence-electron chi connectivity index (χ4n) is 2.84. The molecule has 31 heavy (non-hydrogen) atoms. The Kier molecular flexibility index (Phi) is 8.34. The molecule has 4 aromatic carbocycles. The van der Waals surface area contributed by atoms with Crippen LogP contribution in [-0.4, -0.2) is 0 Å². The van der Waals surface area contributed by atoms with E-state index in [-0.39, 0.29) is 0 Å². The zero-order chi connectivity index (χ0) is 21.5. The minimum absolute atomic E-state index is 0.781. The molecule has 4 rings (SSSR count). The second-order valence-corrected chi connectivity index (χ2v) is 11.0. The van der Waals surface area contributed by atoms with Gasteiger partial charge in [0, 0.05) is 41.1 Å². The molecule has 0 bridgehead atoms. The summed E-state index contributed by atoms with van der Waals surface area (Å²) in [5.41, 5.74) is 2.56. The first-order chi connectivity index (χ1) is 15.1. The Labute approximate surface area is 206 Å². The average molecular weight is 500 g/mol. The van der Waals surface area contributed by atoms with Gasteiger partial charge in [0.1, 0.15) is 0 Å². The van der Waals surface area contributed by atoms with Crippen molar-refractivity contribution >= 4 is 58.5 Å². The first-order valence-corrected chi connectivity index (χ1v) is 13.3. The molecule has 0 unspecified atom stereocenters. The normalized spacial score (nSPS) is 10.9. The van der Waals surface area contributed by atoms with E-state index >= 15 is 0 Å². The van der Waals surface area contributed by atoms with Gasteiger partial charge in [-0.3, -0.25) is 0 Å². The molecule has 0 saturated heterocycles. The molecule has 0 radical (unpaired) electrons. The van der Waals surface area contributed by atoms with Gasteiger partial charge in [-0.15, -0.1) is 23.5 Å². The number of thioether (sulfide) groups is 2. The fourth-order valence-corrected chi connectivity index (χ4v) is 5.62. The van der Waals surface area contributed by atoms with E-state index in [4.69, 9.17) is 23.2 Å². The minimum atomic E-state index is 0.781. The van der Waals surface area contributed by atoms with Gasteiger partial charge in [0.2, 0.25) is 0 Å². The van der Waals surface area contributed by atoms with Crippen LogP contribution in [0.2, 0.25) is 10.0 Å². The molecular formula is C26H20Cl2S3.